The Morgan fingerprint density at radius 3 is 2.61 bits per heavy atom. The molecule has 130 valence electrons. The van der Waals surface area contributed by atoms with Crippen molar-refractivity contribution in [1.82, 2.24) is 9.80 Å². The third kappa shape index (κ3) is 6.64. The summed E-state index contributed by atoms with van der Waals surface area (Å²) in [6.45, 7) is 12.9. The highest BCUT2D eigenvalue weighted by molar-refractivity contribution is 14.0. The van der Waals surface area contributed by atoms with E-state index < -0.39 is 0 Å². The van der Waals surface area contributed by atoms with Gasteiger partial charge in [0.1, 0.15) is 0 Å². The highest BCUT2D eigenvalue weighted by Gasteiger charge is 2.19. The first-order valence-electron chi connectivity index (χ1n) is 8.18. The lowest BCUT2D eigenvalue weighted by Crippen LogP contribution is -2.50. The van der Waals surface area contributed by atoms with Gasteiger partial charge in [0.2, 0.25) is 0 Å². The molecular formula is C17H30IN5. The average molecular weight is 431 g/mol. The van der Waals surface area contributed by atoms with Gasteiger partial charge in [0.15, 0.2) is 5.96 Å². The smallest absolute Gasteiger partial charge is 0.193 e. The summed E-state index contributed by atoms with van der Waals surface area (Å²) >= 11 is 0. The third-order valence-corrected chi connectivity index (χ3v) is 4.29. The van der Waals surface area contributed by atoms with Crippen molar-refractivity contribution in [2.24, 2.45) is 10.7 Å². The largest absolute Gasteiger partial charge is 0.370 e. The first-order chi connectivity index (χ1) is 10.6. The second-order valence-electron chi connectivity index (χ2n) is 6.04. The number of nitrogens with two attached hydrogens (primary N) is 1. The minimum atomic E-state index is 0. The molecule has 6 heteroatoms. The number of halogens is 1. The molecular weight excluding hydrogens is 401 g/mol. The predicted molar refractivity (Wildman–Crippen MR) is 110 cm³/mol. The molecule has 0 aliphatic carbocycles. The second-order valence-corrected chi connectivity index (χ2v) is 6.04. The fourth-order valence-electron chi connectivity index (χ4n) is 2.78. The Kier molecular flexibility index (Phi) is 8.86. The van der Waals surface area contributed by atoms with Crippen LogP contribution in [0.4, 0.5) is 5.69 Å². The van der Waals surface area contributed by atoms with Crippen molar-refractivity contribution in [1.29, 1.82) is 0 Å². The fraction of sp³-hybridized carbons (Fsp3) is 0.588. The monoisotopic (exact) mass is 431 g/mol. The van der Waals surface area contributed by atoms with E-state index >= 15 is 0 Å². The molecule has 1 unspecified atom stereocenters. The van der Waals surface area contributed by atoms with Gasteiger partial charge in [-0.05, 0) is 38.1 Å². The molecule has 0 saturated carbocycles. The number of piperazine rings is 1. The van der Waals surface area contributed by atoms with Crippen LogP contribution in [0.15, 0.2) is 29.3 Å². The van der Waals surface area contributed by atoms with Crippen LogP contribution in [0.3, 0.4) is 0 Å². The number of benzene rings is 1. The van der Waals surface area contributed by atoms with Gasteiger partial charge in [-0.1, -0.05) is 19.1 Å². The van der Waals surface area contributed by atoms with E-state index in [1.807, 2.05) is 12.1 Å². The molecule has 1 aliphatic heterocycles. The number of likely N-dealkylation sites (N-methyl/N-ethyl adjacent to an activating group) is 1. The van der Waals surface area contributed by atoms with Crippen LogP contribution in [0.2, 0.25) is 0 Å². The zero-order valence-electron chi connectivity index (χ0n) is 14.5. The van der Waals surface area contributed by atoms with E-state index in [0.717, 1.165) is 45.0 Å². The van der Waals surface area contributed by atoms with Crippen LogP contribution >= 0.6 is 24.0 Å². The molecule has 3 N–H and O–H groups in total. The molecule has 2 rings (SSSR count). The maximum atomic E-state index is 5.99. The number of nitrogens with one attached hydrogen (secondary N) is 1. The molecule has 0 amide bonds. The number of nitrogens with zero attached hydrogens (tertiary/aromatic N) is 3. The van der Waals surface area contributed by atoms with E-state index in [0.29, 0.717) is 12.0 Å². The summed E-state index contributed by atoms with van der Waals surface area (Å²) in [7, 11) is 0. The topological polar surface area (TPSA) is 56.9 Å². The minimum Gasteiger partial charge on any atom is -0.370 e. The number of aryl methyl sites for hydroxylation is 1. The van der Waals surface area contributed by atoms with Crippen molar-refractivity contribution in [3.63, 3.8) is 0 Å². The van der Waals surface area contributed by atoms with Crippen LogP contribution in [0, 0.1) is 6.92 Å². The number of rotatable bonds is 5. The summed E-state index contributed by atoms with van der Waals surface area (Å²) in [4.78, 5) is 9.47. The van der Waals surface area contributed by atoms with Crippen molar-refractivity contribution < 1.29 is 0 Å². The van der Waals surface area contributed by atoms with Crippen LogP contribution in [0.5, 0.6) is 0 Å². The molecule has 23 heavy (non-hydrogen) atoms. The van der Waals surface area contributed by atoms with Gasteiger partial charge in [-0.3, -0.25) is 9.89 Å². The Balaban J connectivity index is 0.00000264. The van der Waals surface area contributed by atoms with Crippen molar-refractivity contribution in [3.8, 4) is 0 Å². The molecule has 0 spiro atoms. The lowest BCUT2D eigenvalue weighted by Gasteiger charge is -2.37. The van der Waals surface area contributed by atoms with Gasteiger partial charge < -0.3 is 16.0 Å². The number of hydrogen-bond donors (Lipinski definition) is 2. The van der Waals surface area contributed by atoms with E-state index in [2.05, 4.69) is 53.0 Å². The lowest BCUT2D eigenvalue weighted by molar-refractivity contribution is 0.109. The van der Waals surface area contributed by atoms with Gasteiger partial charge in [0.05, 0.1) is 6.54 Å². The Morgan fingerprint density at radius 1 is 1.30 bits per heavy atom. The van der Waals surface area contributed by atoms with E-state index in [1.165, 1.54) is 5.56 Å². The zero-order valence-corrected chi connectivity index (χ0v) is 16.8. The van der Waals surface area contributed by atoms with E-state index in [9.17, 15) is 0 Å². The SMILES string of the molecule is CCN1CCN(C(C)CN=C(N)Nc2cccc(C)c2)CC1.I. The lowest BCUT2D eigenvalue weighted by atomic mass is 10.2. The van der Waals surface area contributed by atoms with Crippen molar-refractivity contribution in [2.75, 3.05) is 44.6 Å². The van der Waals surface area contributed by atoms with Gasteiger partial charge in [-0.2, -0.15) is 0 Å². The summed E-state index contributed by atoms with van der Waals surface area (Å²) in [5.41, 5.74) is 8.19. The van der Waals surface area contributed by atoms with Crippen molar-refractivity contribution in [3.05, 3.63) is 29.8 Å². The maximum Gasteiger partial charge on any atom is 0.193 e. The van der Waals surface area contributed by atoms with Crippen LogP contribution in [0.25, 0.3) is 0 Å². The maximum absolute atomic E-state index is 5.99. The molecule has 1 atom stereocenters. The fourth-order valence-corrected chi connectivity index (χ4v) is 2.78. The van der Waals surface area contributed by atoms with Crippen molar-refractivity contribution >= 4 is 35.6 Å². The zero-order chi connectivity index (χ0) is 15.9. The molecule has 1 saturated heterocycles. The van der Waals surface area contributed by atoms with Crippen LogP contribution in [-0.4, -0.2) is 61.1 Å². The number of anilines is 1. The summed E-state index contributed by atoms with van der Waals surface area (Å²) in [5, 5.41) is 3.16. The van der Waals surface area contributed by atoms with Gasteiger partial charge in [-0.15, -0.1) is 24.0 Å². The Hall–Kier alpha value is -0.860. The van der Waals surface area contributed by atoms with E-state index in [1.54, 1.807) is 0 Å². The number of guanidine groups is 1. The number of aliphatic imine (C=N–C) groups is 1. The second kappa shape index (κ2) is 10.1. The summed E-state index contributed by atoms with van der Waals surface area (Å²) in [5.74, 6) is 0.490. The molecule has 1 aromatic rings. The predicted octanol–water partition coefficient (Wildman–Crippen LogP) is 2.37. The number of hydrogen-bond acceptors (Lipinski definition) is 3. The normalized spacial score (nSPS) is 18.3. The first kappa shape index (κ1) is 20.2. The third-order valence-electron chi connectivity index (χ3n) is 4.29. The van der Waals surface area contributed by atoms with Gasteiger partial charge in [0, 0.05) is 37.9 Å². The van der Waals surface area contributed by atoms with Gasteiger partial charge in [0.25, 0.3) is 0 Å². The van der Waals surface area contributed by atoms with E-state index in [-0.39, 0.29) is 24.0 Å². The van der Waals surface area contributed by atoms with Gasteiger partial charge >= 0.3 is 0 Å². The standard InChI is InChI=1S/C17H29N5.HI/c1-4-21-8-10-22(11-9-21)15(3)13-19-17(18)20-16-7-5-6-14(2)12-16;/h5-7,12,15H,4,8-11,13H2,1-3H3,(H3,18,19,20);1H. The quantitative estimate of drug-likeness (QED) is 0.427. The van der Waals surface area contributed by atoms with Crippen LogP contribution in [0.1, 0.15) is 19.4 Å². The molecule has 0 aromatic heterocycles. The highest BCUT2D eigenvalue weighted by atomic mass is 127. The molecule has 1 aliphatic rings. The molecule has 1 aromatic carbocycles. The Labute approximate surface area is 157 Å². The van der Waals surface area contributed by atoms with Gasteiger partial charge in [-0.25, -0.2) is 0 Å². The summed E-state index contributed by atoms with van der Waals surface area (Å²) in [6.07, 6.45) is 0. The molecule has 5 nitrogen and oxygen atoms in total. The van der Waals surface area contributed by atoms with E-state index in [4.69, 9.17) is 5.73 Å². The Morgan fingerprint density at radius 2 is 2.00 bits per heavy atom. The highest BCUT2D eigenvalue weighted by Crippen LogP contribution is 2.09. The Bertz CT molecular complexity index is 498. The summed E-state index contributed by atoms with van der Waals surface area (Å²) < 4.78 is 0. The minimum absolute atomic E-state index is 0. The first-order valence-corrected chi connectivity index (χ1v) is 8.18. The van der Waals surface area contributed by atoms with Crippen LogP contribution in [-0.2, 0) is 0 Å². The van der Waals surface area contributed by atoms with Crippen LogP contribution < -0.4 is 11.1 Å². The molecule has 1 fully saturated rings. The molecule has 1 heterocycles. The molecule has 0 bridgehead atoms. The average Bonchev–Trinajstić information content (AvgIpc) is 2.52. The van der Waals surface area contributed by atoms with Crippen molar-refractivity contribution in [2.45, 2.75) is 26.8 Å². The molecule has 0 radical (unpaired) electrons. The summed E-state index contributed by atoms with van der Waals surface area (Å²) in [6, 6.07) is 8.58.